The van der Waals surface area contributed by atoms with Gasteiger partial charge in [0.1, 0.15) is 0 Å². The largest absolute Gasteiger partial charge is 0.383 e. The third-order valence-corrected chi connectivity index (χ3v) is 4.58. The second-order valence-electron chi connectivity index (χ2n) is 6.10. The molecule has 0 bridgehead atoms. The quantitative estimate of drug-likeness (QED) is 0.713. The second-order valence-corrected chi connectivity index (χ2v) is 6.10. The Morgan fingerprint density at radius 2 is 2.19 bits per heavy atom. The molecule has 0 saturated carbocycles. The average molecular weight is 225 g/mol. The van der Waals surface area contributed by atoms with E-state index in [1.165, 1.54) is 45.1 Å². The molecule has 2 saturated heterocycles. The molecule has 2 heteroatoms. The Bertz CT molecular complexity index is 229. The molecule has 2 rings (SSSR count). The molecule has 2 aliphatic heterocycles. The molecule has 0 radical (unpaired) electrons. The van der Waals surface area contributed by atoms with Crippen LogP contribution in [0.1, 0.15) is 52.4 Å². The van der Waals surface area contributed by atoms with Crippen molar-refractivity contribution in [2.24, 2.45) is 5.92 Å². The molecule has 94 valence electrons. The average Bonchev–Trinajstić information content (AvgIpc) is 2.77. The van der Waals surface area contributed by atoms with Crippen molar-refractivity contribution in [2.75, 3.05) is 20.3 Å². The van der Waals surface area contributed by atoms with Crippen LogP contribution in [0.25, 0.3) is 0 Å². The van der Waals surface area contributed by atoms with Crippen molar-refractivity contribution in [1.82, 2.24) is 4.90 Å². The van der Waals surface area contributed by atoms with Gasteiger partial charge in [0.2, 0.25) is 0 Å². The van der Waals surface area contributed by atoms with Gasteiger partial charge in [-0.3, -0.25) is 4.90 Å². The Labute approximate surface area is 100 Å². The summed E-state index contributed by atoms with van der Waals surface area (Å²) in [5.41, 5.74) is 0.563. The fourth-order valence-corrected chi connectivity index (χ4v) is 3.71. The van der Waals surface area contributed by atoms with E-state index in [0.29, 0.717) is 11.6 Å². The topological polar surface area (TPSA) is 12.5 Å². The van der Waals surface area contributed by atoms with Gasteiger partial charge < -0.3 is 4.74 Å². The van der Waals surface area contributed by atoms with Crippen molar-refractivity contribution in [3.05, 3.63) is 0 Å². The number of fused-ring (bicyclic) bond motifs is 1. The lowest BCUT2D eigenvalue weighted by atomic mass is 9.86. The molecular weight excluding hydrogens is 198 g/mol. The first-order valence-corrected chi connectivity index (χ1v) is 6.94. The Morgan fingerprint density at radius 3 is 2.88 bits per heavy atom. The van der Waals surface area contributed by atoms with Crippen molar-refractivity contribution in [2.45, 2.75) is 64.0 Å². The van der Waals surface area contributed by atoms with Crippen LogP contribution in [0, 0.1) is 5.92 Å². The summed E-state index contributed by atoms with van der Waals surface area (Å²) >= 11 is 0. The van der Waals surface area contributed by atoms with Crippen LogP contribution in [0.3, 0.4) is 0 Å². The summed E-state index contributed by atoms with van der Waals surface area (Å²) in [5.74, 6) is 0.846. The van der Waals surface area contributed by atoms with Gasteiger partial charge in [-0.2, -0.15) is 0 Å². The molecular formula is C14H27NO. The Morgan fingerprint density at radius 1 is 1.38 bits per heavy atom. The molecule has 16 heavy (non-hydrogen) atoms. The second kappa shape index (κ2) is 5.05. The third kappa shape index (κ3) is 2.28. The first kappa shape index (κ1) is 12.4. The molecule has 0 amide bonds. The SMILES string of the molecule is COC[C@H]1CC[C@@]2(CCC(C)C)CCCN12. The molecule has 2 fully saturated rings. The lowest BCUT2D eigenvalue weighted by Crippen LogP contribution is -2.43. The number of methoxy groups -OCH3 is 1. The van der Waals surface area contributed by atoms with E-state index in [0.717, 1.165) is 12.5 Å². The number of rotatable bonds is 5. The Balaban J connectivity index is 1.97. The third-order valence-electron chi connectivity index (χ3n) is 4.58. The summed E-state index contributed by atoms with van der Waals surface area (Å²) in [5, 5.41) is 0. The summed E-state index contributed by atoms with van der Waals surface area (Å²) in [7, 11) is 1.84. The zero-order chi connectivity index (χ0) is 11.6. The minimum atomic E-state index is 0.563. The summed E-state index contributed by atoms with van der Waals surface area (Å²) in [6.45, 7) is 6.94. The minimum absolute atomic E-state index is 0.563. The highest BCUT2D eigenvalue weighted by Crippen LogP contribution is 2.45. The summed E-state index contributed by atoms with van der Waals surface area (Å²) in [6.07, 6.45) is 8.39. The molecule has 0 aromatic rings. The van der Waals surface area contributed by atoms with E-state index in [1.807, 2.05) is 7.11 Å². The smallest absolute Gasteiger partial charge is 0.0618 e. The van der Waals surface area contributed by atoms with Gasteiger partial charge >= 0.3 is 0 Å². The highest BCUT2D eigenvalue weighted by atomic mass is 16.5. The molecule has 0 aliphatic carbocycles. The van der Waals surface area contributed by atoms with E-state index in [-0.39, 0.29) is 0 Å². The van der Waals surface area contributed by atoms with Crippen LogP contribution < -0.4 is 0 Å². The zero-order valence-electron chi connectivity index (χ0n) is 11.2. The van der Waals surface area contributed by atoms with Crippen LogP contribution >= 0.6 is 0 Å². The lowest BCUT2D eigenvalue weighted by Gasteiger charge is -2.35. The van der Waals surface area contributed by atoms with Gasteiger partial charge in [-0.05, 0) is 51.0 Å². The van der Waals surface area contributed by atoms with Crippen molar-refractivity contribution >= 4 is 0 Å². The first-order chi connectivity index (χ1) is 7.68. The van der Waals surface area contributed by atoms with Gasteiger partial charge in [-0.1, -0.05) is 13.8 Å². The molecule has 2 atom stereocenters. The van der Waals surface area contributed by atoms with Gasteiger partial charge in [-0.25, -0.2) is 0 Å². The molecule has 0 N–H and O–H groups in total. The van der Waals surface area contributed by atoms with E-state index in [2.05, 4.69) is 18.7 Å². The first-order valence-electron chi connectivity index (χ1n) is 6.94. The van der Waals surface area contributed by atoms with Crippen molar-refractivity contribution in [1.29, 1.82) is 0 Å². The summed E-state index contributed by atoms with van der Waals surface area (Å²) in [4.78, 5) is 2.78. The van der Waals surface area contributed by atoms with Crippen LogP contribution in [0.15, 0.2) is 0 Å². The van der Waals surface area contributed by atoms with Crippen molar-refractivity contribution in [3.63, 3.8) is 0 Å². The zero-order valence-corrected chi connectivity index (χ0v) is 11.2. The van der Waals surface area contributed by atoms with Crippen molar-refractivity contribution in [3.8, 4) is 0 Å². The van der Waals surface area contributed by atoms with E-state index in [4.69, 9.17) is 4.74 Å². The standard InChI is InChI=1S/C14H27NO/c1-12(2)5-8-14-7-4-10-15(14)13(6-9-14)11-16-3/h12-13H,4-11H2,1-3H3/t13-,14+/m1/s1. The Kier molecular flexibility index (Phi) is 3.91. The number of hydrogen-bond donors (Lipinski definition) is 0. The molecule has 0 spiro atoms. The lowest BCUT2D eigenvalue weighted by molar-refractivity contribution is 0.0749. The number of ether oxygens (including phenoxy) is 1. The Hall–Kier alpha value is -0.0800. The molecule has 2 aliphatic rings. The van der Waals surface area contributed by atoms with Crippen LogP contribution in [-0.2, 0) is 4.74 Å². The normalized spacial score (nSPS) is 34.9. The summed E-state index contributed by atoms with van der Waals surface area (Å²) < 4.78 is 5.36. The molecule has 0 aromatic heterocycles. The fourth-order valence-electron chi connectivity index (χ4n) is 3.71. The van der Waals surface area contributed by atoms with Gasteiger partial charge in [0.25, 0.3) is 0 Å². The molecule has 0 unspecified atom stereocenters. The molecule has 2 nitrogen and oxygen atoms in total. The van der Waals surface area contributed by atoms with Gasteiger partial charge in [0.15, 0.2) is 0 Å². The predicted octanol–water partition coefficient (Wildman–Crippen LogP) is 3.07. The summed E-state index contributed by atoms with van der Waals surface area (Å²) in [6, 6.07) is 0.708. The van der Waals surface area contributed by atoms with E-state index in [9.17, 15) is 0 Å². The van der Waals surface area contributed by atoms with Gasteiger partial charge in [0.05, 0.1) is 6.61 Å². The van der Waals surface area contributed by atoms with Crippen LogP contribution in [0.2, 0.25) is 0 Å². The van der Waals surface area contributed by atoms with Gasteiger partial charge in [0, 0.05) is 18.7 Å². The maximum atomic E-state index is 5.36. The van der Waals surface area contributed by atoms with E-state index >= 15 is 0 Å². The van der Waals surface area contributed by atoms with E-state index < -0.39 is 0 Å². The monoisotopic (exact) mass is 225 g/mol. The van der Waals surface area contributed by atoms with Crippen LogP contribution in [0.5, 0.6) is 0 Å². The van der Waals surface area contributed by atoms with Crippen LogP contribution in [-0.4, -0.2) is 36.7 Å². The molecule has 0 aromatic carbocycles. The van der Waals surface area contributed by atoms with Crippen molar-refractivity contribution < 1.29 is 4.74 Å². The number of hydrogen-bond acceptors (Lipinski definition) is 2. The van der Waals surface area contributed by atoms with Crippen LogP contribution in [0.4, 0.5) is 0 Å². The highest BCUT2D eigenvalue weighted by Gasteiger charge is 2.48. The van der Waals surface area contributed by atoms with Gasteiger partial charge in [-0.15, -0.1) is 0 Å². The highest BCUT2D eigenvalue weighted by molar-refractivity contribution is 5.04. The number of nitrogens with zero attached hydrogens (tertiary/aromatic N) is 1. The minimum Gasteiger partial charge on any atom is -0.383 e. The molecule has 2 heterocycles. The van der Waals surface area contributed by atoms with E-state index in [1.54, 1.807) is 0 Å². The predicted molar refractivity (Wildman–Crippen MR) is 67.6 cm³/mol. The maximum Gasteiger partial charge on any atom is 0.0618 e. The fraction of sp³-hybridized carbons (Fsp3) is 1.00. The maximum absolute atomic E-state index is 5.36.